The van der Waals surface area contributed by atoms with E-state index in [0.717, 1.165) is 0 Å². The highest BCUT2D eigenvalue weighted by molar-refractivity contribution is 9.10. The van der Waals surface area contributed by atoms with Gasteiger partial charge in [0.15, 0.2) is 0 Å². The highest BCUT2D eigenvalue weighted by Crippen LogP contribution is 2.27. The van der Waals surface area contributed by atoms with Crippen molar-refractivity contribution in [1.82, 2.24) is 0 Å². The predicted molar refractivity (Wildman–Crippen MR) is 92.5 cm³/mol. The fourth-order valence-corrected chi connectivity index (χ4v) is 2.41. The van der Waals surface area contributed by atoms with Gasteiger partial charge in [0.25, 0.3) is 5.91 Å². The Kier molecular flexibility index (Phi) is 5.57. The summed E-state index contributed by atoms with van der Waals surface area (Å²) in [6, 6.07) is 12.0. The van der Waals surface area contributed by atoms with Gasteiger partial charge in [-0.25, -0.2) is 0 Å². The predicted octanol–water partition coefficient (Wildman–Crippen LogP) is 4.70. The summed E-state index contributed by atoms with van der Waals surface area (Å²) < 4.78 is 0.694. The molecule has 0 atom stereocenters. The van der Waals surface area contributed by atoms with E-state index in [0.29, 0.717) is 32.9 Å². The highest BCUT2D eigenvalue weighted by atomic mass is 79.9. The maximum atomic E-state index is 12.3. The molecule has 0 fully saturated rings. The molecule has 2 aromatic carbocycles. The Morgan fingerprint density at radius 2 is 1.86 bits per heavy atom. The molecule has 4 nitrogen and oxygen atoms in total. The molecule has 0 bridgehead atoms. The molecule has 6 heteroatoms. The first-order chi connectivity index (χ1) is 10.5. The van der Waals surface area contributed by atoms with Crippen LogP contribution in [0.25, 0.3) is 0 Å². The third kappa shape index (κ3) is 4.08. The van der Waals surface area contributed by atoms with Crippen LogP contribution in [0.3, 0.4) is 0 Å². The summed E-state index contributed by atoms with van der Waals surface area (Å²) in [7, 11) is 0. The number of hydrogen-bond donors (Lipinski definition) is 2. The van der Waals surface area contributed by atoms with Crippen LogP contribution >= 0.6 is 27.5 Å². The molecule has 0 aliphatic carbocycles. The minimum Gasteiger partial charge on any atom is -0.326 e. The fraction of sp³-hybridized carbons (Fsp3) is 0.125. The number of carbonyl (C=O) groups excluding carboxylic acids is 2. The second kappa shape index (κ2) is 7.42. The van der Waals surface area contributed by atoms with Crippen LogP contribution in [0.15, 0.2) is 46.9 Å². The van der Waals surface area contributed by atoms with Crippen molar-refractivity contribution in [2.45, 2.75) is 13.3 Å². The lowest BCUT2D eigenvalue weighted by atomic mass is 10.2. The number of nitrogens with one attached hydrogen (secondary N) is 2. The van der Waals surface area contributed by atoms with Gasteiger partial charge in [0.05, 0.1) is 16.3 Å². The van der Waals surface area contributed by atoms with Gasteiger partial charge in [0.1, 0.15) is 0 Å². The van der Waals surface area contributed by atoms with Gasteiger partial charge < -0.3 is 10.6 Å². The van der Waals surface area contributed by atoms with Gasteiger partial charge in [-0.1, -0.05) is 30.7 Å². The maximum absolute atomic E-state index is 12.3. The Morgan fingerprint density at radius 1 is 1.14 bits per heavy atom. The Bertz CT molecular complexity index is 719. The maximum Gasteiger partial charge on any atom is 0.256 e. The molecule has 0 aromatic heterocycles. The molecule has 2 rings (SSSR count). The number of anilines is 2. The lowest BCUT2D eigenvalue weighted by Crippen LogP contribution is -2.14. The molecule has 0 heterocycles. The van der Waals surface area contributed by atoms with Crippen molar-refractivity contribution in [2.75, 3.05) is 10.6 Å². The Balaban J connectivity index is 2.22. The van der Waals surface area contributed by atoms with E-state index in [1.165, 1.54) is 0 Å². The molecule has 0 unspecified atom stereocenters. The minimum atomic E-state index is -0.284. The topological polar surface area (TPSA) is 58.2 Å². The Morgan fingerprint density at radius 3 is 2.55 bits per heavy atom. The van der Waals surface area contributed by atoms with Gasteiger partial charge >= 0.3 is 0 Å². The van der Waals surface area contributed by atoms with Crippen LogP contribution in [0, 0.1) is 0 Å². The van der Waals surface area contributed by atoms with Crippen LogP contribution in [0.5, 0.6) is 0 Å². The summed E-state index contributed by atoms with van der Waals surface area (Å²) >= 11 is 9.43. The number of benzene rings is 2. The van der Waals surface area contributed by atoms with E-state index in [4.69, 9.17) is 11.6 Å². The van der Waals surface area contributed by atoms with Crippen LogP contribution in [0.4, 0.5) is 11.4 Å². The molecule has 0 saturated heterocycles. The van der Waals surface area contributed by atoms with Crippen molar-refractivity contribution in [3.8, 4) is 0 Å². The Labute approximate surface area is 142 Å². The SMILES string of the molecule is CCC(=O)Nc1ccc(Cl)c(NC(=O)c2ccccc2Br)c1. The van der Waals surface area contributed by atoms with Gasteiger partial charge in [-0.3, -0.25) is 9.59 Å². The first-order valence-corrected chi connectivity index (χ1v) is 7.83. The minimum absolute atomic E-state index is 0.106. The standard InChI is InChI=1S/C16H14BrClN2O2/c1-2-15(21)19-10-7-8-13(18)14(9-10)20-16(22)11-5-3-4-6-12(11)17/h3-9H,2H2,1H3,(H,19,21)(H,20,22). The van der Waals surface area contributed by atoms with E-state index in [2.05, 4.69) is 26.6 Å². The number of amides is 2. The molecule has 114 valence electrons. The van der Waals surface area contributed by atoms with Crippen LogP contribution < -0.4 is 10.6 Å². The summed E-state index contributed by atoms with van der Waals surface area (Å²) in [5.41, 5.74) is 1.52. The van der Waals surface area contributed by atoms with Gasteiger partial charge in [-0.05, 0) is 46.3 Å². The van der Waals surface area contributed by atoms with E-state index < -0.39 is 0 Å². The summed E-state index contributed by atoms with van der Waals surface area (Å²) in [6.45, 7) is 1.76. The van der Waals surface area contributed by atoms with Crippen LogP contribution in [-0.2, 0) is 4.79 Å². The van der Waals surface area contributed by atoms with E-state index >= 15 is 0 Å². The smallest absolute Gasteiger partial charge is 0.256 e. The monoisotopic (exact) mass is 380 g/mol. The molecule has 2 aromatic rings. The zero-order chi connectivity index (χ0) is 16.1. The van der Waals surface area contributed by atoms with E-state index in [-0.39, 0.29) is 11.8 Å². The van der Waals surface area contributed by atoms with Gasteiger partial charge in [0, 0.05) is 16.6 Å². The number of hydrogen-bond acceptors (Lipinski definition) is 2. The second-order valence-electron chi connectivity index (χ2n) is 4.53. The molecule has 0 aliphatic rings. The lowest BCUT2D eigenvalue weighted by Gasteiger charge is -2.11. The lowest BCUT2D eigenvalue weighted by molar-refractivity contribution is -0.115. The summed E-state index contributed by atoms with van der Waals surface area (Å²) in [5, 5.41) is 5.87. The largest absolute Gasteiger partial charge is 0.326 e. The van der Waals surface area contributed by atoms with Crippen molar-refractivity contribution in [3.05, 3.63) is 57.5 Å². The zero-order valence-electron chi connectivity index (χ0n) is 11.8. The number of halogens is 2. The molecule has 0 aliphatic heterocycles. The molecular formula is C16H14BrClN2O2. The van der Waals surface area contributed by atoms with Crippen LogP contribution in [0.2, 0.25) is 5.02 Å². The van der Waals surface area contributed by atoms with Crippen LogP contribution in [-0.4, -0.2) is 11.8 Å². The van der Waals surface area contributed by atoms with Crippen molar-refractivity contribution < 1.29 is 9.59 Å². The fourth-order valence-electron chi connectivity index (χ4n) is 1.78. The first kappa shape index (κ1) is 16.5. The van der Waals surface area contributed by atoms with Crippen LogP contribution in [0.1, 0.15) is 23.7 Å². The third-order valence-corrected chi connectivity index (χ3v) is 3.96. The summed E-state index contributed by atoms with van der Waals surface area (Å²) in [5.74, 6) is -0.390. The highest BCUT2D eigenvalue weighted by Gasteiger charge is 2.12. The number of carbonyl (C=O) groups is 2. The van der Waals surface area contributed by atoms with Gasteiger partial charge in [0.2, 0.25) is 5.91 Å². The second-order valence-corrected chi connectivity index (χ2v) is 5.79. The Hall–Kier alpha value is -1.85. The molecule has 22 heavy (non-hydrogen) atoms. The molecular weight excluding hydrogens is 368 g/mol. The third-order valence-electron chi connectivity index (χ3n) is 2.94. The summed E-state index contributed by atoms with van der Waals surface area (Å²) in [4.78, 5) is 23.7. The van der Waals surface area contributed by atoms with Crippen molar-refractivity contribution >= 4 is 50.7 Å². The van der Waals surface area contributed by atoms with Gasteiger partial charge in [-0.15, -0.1) is 0 Å². The normalized spacial score (nSPS) is 10.1. The van der Waals surface area contributed by atoms with E-state index in [1.807, 2.05) is 6.07 Å². The van der Waals surface area contributed by atoms with Crippen molar-refractivity contribution in [1.29, 1.82) is 0 Å². The molecule has 0 spiro atoms. The average molecular weight is 382 g/mol. The molecule has 2 amide bonds. The van der Waals surface area contributed by atoms with E-state index in [9.17, 15) is 9.59 Å². The molecule has 0 saturated carbocycles. The van der Waals surface area contributed by atoms with Crippen molar-refractivity contribution in [3.63, 3.8) is 0 Å². The van der Waals surface area contributed by atoms with Gasteiger partial charge in [-0.2, -0.15) is 0 Å². The molecule has 2 N–H and O–H groups in total. The number of rotatable bonds is 4. The van der Waals surface area contributed by atoms with E-state index in [1.54, 1.807) is 43.3 Å². The summed E-state index contributed by atoms with van der Waals surface area (Å²) in [6.07, 6.45) is 0.376. The quantitative estimate of drug-likeness (QED) is 0.806. The zero-order valence-corrected chi connectivity index (χ0v) is 14.2. The average Bonchev–Trinajstić information content (AvgIpc) is 2.50. The first-order valence-electron chi connectivity index (χ1n) is 6.66. The molecule has 0 radical (unpaired) electrons. The van der Waals surface area contributed by atoms with Crippen molar-refractivity contribution in [2.24, 2.45) is 0 Å².